The molecule has 0 aromatic heterocycles. The molecule has 0 unspecified atom stereocenters. The number of alkyl halides is 3. The molecule has 1 amide bonds. The van der Waals surface area contributed by atoms with Gasteiger partial charge in [0, 0.05) is 16.8 Å². The number of nitrogens with zero attached hydrogens (tertiary/aromatic N) is 1. The minimum Gasteiger partial charge on any atom is -0.506 e. The molecule has 0 fully saturated rings. The molecule has 0 spiro atoms. The highest BCUT2D eigenvalue weighted by molar-refractivity contribution is 6.32. The van der Waals surface area contributed by atoms with Crippen LogP contribution in [0.2, 0.25) is 5.02 Å². The lowest BCUT2D eigenvalue weighted by molar-refractivity contribution is -0.137. The average Bonchev–Trinajstić information content (AvgIpc) is 2.76. The quantitative estimate of drug-likeness (QED) is 0.219. The number of aromatic hydroxyl groups is 2. The zero-order valence-electron chi connectivity index (χ0n) is 16.9. The van der Waals surface area contributed by atoms with Crippen LogP contribution in [-0.4, -0.2) is 29.4 Å². The van der Waals surface area contributed by atoms with E-state index in [9.17, 15) is 28.2 Å². The van der Waals surface area contributed by atoms with E-state index in [1.807, 2.05) is 0 Å². The van der Waals surface area contributed by atoms with Gasteiger partial charge in [0.25, 0.3) is 5.91 Å². The van der Waals surface area contributed by atoms with Gasteiger partial charge in [0.1, 0.15) is 22.9 Å². The number of hydrazone groups is 1. The van der Waals surface area contributed by atoms with E-state index in [0.717, 1.165) is 12.1 Å². The van der Waals surface area contributed by atoms with E-state index in [2.05, 4.69) is 15.8 Å². The van der Waals surface area contributed by atoms with Gasteiger partial charge in [0.2, 0.25) is 0 Å². The van der Waals surface area contributed by atoms with E-state index >= 15 is 0 Å². The Morgan fingerprint density at radius 2 is 1.85 bits per heavy atom. The van der Waals surface area contributed by atoms with Crippen molar-refractivity contribution in [2.75, 3.05) is 12.4 Å². The summed E-state index contributed by atoms with van der Waals surface area (Å²) in [5, 5.41) is 26.3. The van der Waals surface area contributed by atoms with Crippen molar-refractivity contribution in [1.82, 2.24) is 5.43 Å². The molecule has 4 N–H and O–H groups in total. The molecule has 0 heterocycles. The van der Waals surface area contributed by atoms with E-state index < -0.39 is 17.6 Å². The number of nitrogens with one attached hydrogen (secondary N) is 2. The van der Waals surface area contributed by atoms with Crippen molar-refractivity contribution in [1.29, 1.82) is 0 Å². The van der Waals surface area contributed by atoms with Crippen LogP contribution in [0.4, 0.5) is 24.5 Å². The molecule has 3 aromatic carbocycles. The maximum Gasteiger partial charge on any atom is 0.416 e. The first-order valence-electron chi connectivity index (χ1n) is 9.25. The summed E-state index contributed by atoms with van der Waals surface area (Å²) in [6, 6.07) is 11.1. The summed E-state index contributed by atoms with van der Waals surface area (Å²) in [6.07, 6.45) is -3.28. The third-order valence-electron chi connectivity index (χ3n) is 4.37. The molecule has 0 aliphatic rings. The highest BCUT2D eigenvalue weighted by Gasteiger charge is 2.30. The largest absolute Gasteiger partial charge is 0.506 e. The zero-order valence-corrected chi connectivity index (χ0v) is 17.7. The number of carbonyl (C=O) groups is 1. The number of anilines is 2. The van der Waals surface area contributed by atoms with Crippen molar-refractivity contribution in [3.05, 3.63) is 76.3 Å². The molecule has 11 heteroatoms. The highest BCUT2D eigenvalue weighted by Crippen LogP contribution is 2.38. The van der Waals surface area contributed by atoms with Gasteiger partial charge in [0.05, 0.1) is 23.9 Å². The Hall–Kier alpha value is -3.92. The standard InChI is InChI=1S/C22H17ClF3N3O4/c1-33-19-8-12(11-27-29-21(32)13-5-6-17(30)16(23)9-13)7-18(31)20(19)28-15-4-2-3-14(10-15)22(24,25)26/h2-11,28,30-31H,1H3,(H,29,32)/b27-11+. The summed E-state index contributed by atoms with van der Waals surface area (Å²) in [5.74, 6) is -0.944. The van der Waals surface area contributed by atoms with Crippen molar-refractivity contribution in [3.63, 3.8) is 0 Å². The number of methoxy groups -OCH3 is 1. The molecular weight excluding hydrogens is 463 g/mol. The number of amides is 1. The van der Waals surface area contributed by atoms with E-state index in [0.29, 0.717) is 5.56 Å². The van der Waals surface area contributed by atoms with Gasteiger partial charge in [-0.3, -0.25) is 4.79 Å². The van der Waals surface area contributed by atoms with Gasteiger partial charge >= 0.3 is 6.18 Å². The molecule has 3 rings (SSSR count). The van der Waals surface area contributed by atoms with Crippen molar-refractivity contribution >= 4 is 35.1 Å². The Morgan fingerprint density at radius 3 is 2.52 bits per heavy atom. The van der Waals surface area contributed by atoms with Gasteiger partial charge in [-0.2, -0.15) is 18.3 Å². The molecule has 0 atom stereocenters. The summed E-state index contributed by atoms with van der Waals surface area (Å²) in [5.41, 5.74) is 2.07. The van der Waals surface area contributed by atoms with E-state index in [-0.39, 0.29) is 39.2 Å². The summed E-state index contributed by atoms with van der Waals surface area (Å²) < 4.78 is 44.0. The number of hydrogen-bond donors (Lipinski definition) is 4. The number of phenols is 2. The highest BCUT2D eigenvalue weighted by atomic mass is 35.5. The second-order valence-corrected chi connectivity index (χ2v) is 7.09. The Balaban J connectivity index is 1.77. The van der Waals surface area contributed by atoms with E-state index in [1.54, 1.807) is 0 Å². The van der Waals surface area contributed by atoms with E-state index in [1.165, 1.54) is 55.8 Å². The first-order valence-corrected chi connectivity index (χ1v) is 9.63. The number of carbonyl (C=O) groups excluding carboxylic acids is 1. The van der Waals surface area contributed by atoms with E-state index in [4.69, 9.17) is 16.3 Å². The first-order chi connectivity index (χ1) is 15.6. The van der Waals surface area contributed by atoms with Gasteiger partial charge in [-0.25, -0.2) is 5.43 Å². The van der Waals surface area contributed by atoms with Crippen molar-refractivity contribution < 1.29 is 32.9 Å². The van der Waals surface area contributed by atoms with Crippen molar-refractivity contribution in [2.24, 2.45) is 5.10 Å². The first kappa shape index (κ1) is 23.7. The maximum absolute atomic E-state index is 12.9. The Kier molecular flexibility index (Phi) is 6.98. The molecular formula is C22H17ClF3N3O4. The minimum atomic E-state index is -4.51. The molecule has 0 aliphatic carbocycles. The third kappa shape index (κ3) is 5.86. The van der Waals surface area contributed by atoms with Crippen LogP contribution in [0.15, 0.2) is 59.7 Å². The number of ether oxygens (including phenoxy) is 1. The SMILES string of the molecule is COc1cc(/C=N/NC(=O)c2ccc(O)c(Cl)c2)cc(O)c1Nc1cccc(C(F)(F)F)c1. The molecule has 33 heavy (non-hydrogen) atoms. The van der Waals surface area contributed by atoms with Gasteiger partial charge < -0.3 is 20.3 Å². The molecule has 0 aliphatic heterocycles. The fourth-order valence-corrected chi connectivity index (χ4v) is 2.96. The number of hydrogen-bond acceptors (Lipinski definition) is 6. The molecule has 0 radical (unpaired) electrons. The Bertz CT molecular complexity index is 1220. The van der Waals surface area contributed by atoms with Crippen LogP contribution >= 0.6 is 11.6 Å². The summed E-state index contributed by atoms with van der Waals surface area (Å²) >= 11 is 5.77. The summed E-state index contributed by atoms with van der Waals surface area (Å²) in [4.78, 5) is 12.1. The van der Waals surface area contributed by atoms with Gasteiger partial charge in [-0.1, -0.05) is 17.7 Å². The van der Waals surface area contributed by atoms with Gasteiger partial charge in [-0.15, -0.1) is 0 Å². The second-order valence-electron chi connectivity index (χ2n) is 6.69. The fraction of sp³-hybridized carbons (Fsp3) is 0.0909. The number of phenolic OH excluding ortho intramolecular Hbond substituents is 2. The summed E-state index contributed by atoms with van der Waals surface area (Å²) in [7, 11) is 1.32. The lowest BCUT2D eigenvalue weighted by Gasteiger charge is -2.15. The molecule has 7 nitrogen and oxygen atoms in total. The van der Waals surface area contributed by atoms with Crippen LogP contribution in [0.5, 0.6) is 17.2 Å². The molecule has 0 saturated carbocycles. The molecule has 0 bridgehead atoms. The lowest BCUT2D eigenvalue weighted by Crippen LogP contribution is -2.17. The fourth-order valence-electron chi connectivity index (χ4n) is 2.78. The number of rotatable bonds is 6. The monoisotopic (exact) mass is 479 g/mol. The predicted molar refractivity (Wildman–Crippen MR) is 118 cm³/mol. The minimum absolute atomic E-state index is 0.00477. The Morgan fingerprint density at radius 1 is 1.09 bits per heavy atom. The van der Waals surface area contributed by atoms with Gasteiger partial charge in [-0.05, 0) is 48.5 Å². The topological polar surface area (TPSA) is 103 Å². The molecule has 0 saturated heterocycles. The second kappa shape index (κ2) is 9.70. The van der Waals surface area contributed by atoms with Crippen LogP contribution in [-0.2, 0) is 6.18 Å². The average molecular weight is 480 g/mol. The maximum atomic E-state index is 12.9. The number of halogens is 4. The number of benzene rings is 3. The lowest BCUT2D eigenvalue weighted by atomic mass is 10.1. The molecule has 172 valence electrons. The van der Waals surface area contributed by atoms with Crippen LogP contribution in [0.1, 0.15) is 21.5 Å². The van der Waals surface area contributed by atoms with Crippen LogP contribution in [0.3, 0.4) is 0 Å². The smallest absolute Gasteiger partial charge is 0.416 e. The van der Waals surface area contributed by atoms with Crippen LogP contribution < -0.4 is 15.5 Å². The predicted octanol–water partition coefficient (Wildman–Crippen LogP) is 5.29. The Labute approximate surface area is 191 Å². The molecule has 3 aromatic rings. The van der Waals surface area contributed by atoms with Crippen LogP contribution in [0.25, 0.3) is 0 Å². The normalized spacial score (nSPS) is 11.4. The third-order valence-corrected chi connectivity index (χ3v) is 4.68. The van der Waals surface area contributed by atoms with Crippen molar-refractivity contribution in [2.45, 2.75) is 6.18 Å². The zero-order chi connectivity index (χ0) is 24.2. The van der Waals surface area contributed by atoms with Gasteiger partial charge in [0.15, 0.2) is 0 Å². The summed E-state index contributed by atoms with van der Waals surface area (Å²) in [6.45, 7) is 0. The van der Waals surface area contributed by atoms with Crippen LogP contribution in [0, 0.1) is 0 Å². The van der Waals surface area contributed by atoms with Crippen molar-refractivity contribution in [3.8, 4) is 17.2 Å².